The molecule has 4 rings (SSSR count). The van der Waals surface area contributed by atoms with Gasteiger partial charge in [0, 0.05) is 10.8 Å². The smallest absolute Gasteiger partial charge is 0.127 e. The third kappa shape index (κ3) is 3.00. The minimum Gasteiger partial charge on any atom is -0.508 e. The summed E-state index contributed by atoms with van der Waals surface area (Å²) < 4.78 is 0. The molecule has 0 bridgehead atoms. The van der Waals surface area contributed by atoms with Crippen LogP contribution >= 0.6 is 11.6 Å². The van der Waals surface area contributed by atoms with Crippen LogP contribution in [0.2, 0.25) is 0 Å². The fourth-order valence-corrected chi connectivity index (χ4v) is 5.34. The zero-order valence-corrected chi connectivity index (χ0v) is 15.5. The molecule has 0 radical (unpaired) electrons. The fraction of sp³-hybridized carbons (Fsp3) is 0.391. The number of halogens is 1. The van der Waals surface area contributed by atoms with E-state index >= 15 is 0 Å². The van der Waals surface area contributed by atoms with Crippen LogP contribution in [0.4, 0.5) is 0 Å². The van der Waals surface area contributed by atoms with Gasteiger partial charge in [-0.15, -0.1) is 0 Å². The molecule has 2 aliphatic carbocycles. The Morgan fingerprint density at radius 3 is 2.69 bits per heavy atom. The van der Waals surface area contributed by atoms with Crippen molar-refractivity contribution in [1.29, 1.82) is 0 Å². The summed E-state index contributed by atoms with van der Waals surface area (Å²) in [4.78, 5) is 0. The average Bonchev–Trinajstić information content (AvgIpc) is 2.63. The van der Waals surface area contributed by atoms with Gasteiger partial charge >= 0.3 is 0 Å². The highest BCUT2D eigenvalue weighted by atomic mass is 35.5. The number of fused-ring (bicyclic) bond motifs is 3. The molecule has 2 nitrogen and oxygen atoms in total. The minimum absolute atomic E-state index is 0.0249. The number of hydrogen-bond donors (Lipinski definition) is 2. The third-order valence-corrected chi connectivity index (χ3v) is 6.47. The summed E-state index contributed by atoms with van der Waals surface area (Å²) in [7, 11) is 0. The number of phenolic OH excluding ortho intramolecular Hbond substituents is 1. The first-order valence-corrected chi connectivity index (χ1v) is 9.64. The van der Waals surface area contributed by atoms with Crippen molar-refractivity contribution in [3.05, 3.63) is 65.2 Å². The van der Waals surface area contributed by atoms with Crippen LogP contribution in [0, 0.1) is 17.2 Å². The van der Waals surface area contributed by atoms with Gasteiger partial charge in [-0.3, -0.25) is 0 Å². The molecule has 0 aromatic heterocycles. The van der Waals surface area contributed by atoms with Gasteiger partial charge in [0.2, 0.25) is 0 Å². The fourth-order valence-electron chi connectivity index (χ4n) is 5.16. The lowest BCUT2D eigenvalue weighted by molar-refractivity contribution is -0.00796. The summed E-state index contributed by atoms with van der Waals surface area (Å²) in [6.45, 7) is 0. The Bertz CT molecular complexity index is 867. The SMILES string of the molecule is Oc1ccc2c(c1)CC[C@H]1C[C@](O)(C#CCl)CC[C@]21Cc1ccccc1. The first kappa shape index (κ1) is 17.5. The number of phenols is 1. The van der Waals surface area contributed by atoms with Crippen LogP contribution in [0.3, 0.4) is 0 Å². The first-order chi connectivity index (χ1) is 12.5. The molecule has 26 heavy (non-hydrogen) atoms. The van der Waals surface area contributed by atoms with E-state index in [0.29, 0.717) is 24.5 Å². The number of hydrogen-bond acceptors (Lipinski definition) is 2. The Morgan fingerprint density at radius 2 is 1.92 bits per heavy atom. The number of aryl methyl sites for hydroxylation is 1. The van der Waals surface area contributed by atoms with Crippen molar-refractivity contribution in [3.8, 4) is 17.0 Å². The number of aromatic hydroxyl groups is 1. The third-order valence-electron chi connectivity index (χ3n) is 6.38. The van der Waals surface area contributed by atoms with Crippen LogP contribution in [0.25, 0.3) is 0 Å². The second-order valence-electron chi connectivity index (χ2n) is 7.85. The Balaban J connectivity index is 1.79. The van der Waals surface area contributed by atoms with Crippen molar-refractivity contribution in [2.24, 2.45) is 5.92 Å². The van der Waals surface area contributed by atoms with E-state index in [2.05, 4.69) is 41.6 Å². The minimum atomic E-state index is -0.985. The lowest BCUT2D eigenvalue weighted by atomic mass is 9.53. The highest BCUT2D eigenvalue weighted by molar-refractivity contribution is 6.30. The van der Waals surface area contributed by atoms with Gasteiger partial charge in [-0.1, -0.05) is 42.3 Å². The second-order valence-corrected chi connectivity index (χ2v) is 8.04. The van der Waals surface area contributed by atoms with Gasteiger partial charge in [0.25, 0.3) is 0 Å². The number of aliphatic hydroxyl groups is 1. The van der Waals surface area contributed by atoms with E-state index in [4.69, 9.17) is 11.6 Å². The van der Waals surface area contributed by atoms with Crippen LogP contribution < -0.4 is 0 Å². The first-order valence-electron chi connectivity index (χ1n) is 9.26. The zero-order chi connectivity index (χ0) is 18.2. The van der Waals surface area contributed by atoms with E-state index < -0.39 is 5.60 Å². The van der Waals surface area contributed by atoms with Crippen molar-refractivity contribution in [1.82, 2.24) is 0 Å². The number of benzene rings is 2. The molecule has 2 aliphatic rings. The van der Waals surface area contributed by atoms with Gasteiger partial charge < -0.3 is 10.2 Å². The lowest BCUT2D eigenvalue weighted by Gasteiger charge is -2.52. The van der Waals surface area contributed by atoms with E-state index in [-0.39, 0.29) is 5.41 Å². The van der Waals surface area contributed by atoms with Crippen LogP contribution in [0.15, 0.2) is 48.5 Å². The highest BCUT2D eigenvalue weighted by Crippen LogP contribution is 2.54. The summed E-state index contributed by atoms with van der Waals surface area (Å²) in [5.74, 6) is 3.51. The maximum Gasteiger partial charge on any atom is 0.127 e. The molecule has 3 heteroatoms. The van der Waals surface area contributed by atoms with E-state index in [9.17, 15) is 10.2 Å². The van der Waals surface area contributed by atoms with Crippen molar-refractivity contribution < 1.29 is 10.2 Å². The van der Waals surface area contributed by atoms with Crippen molar-refractivity contribution in [3.63, 3.8) is 0 Å². The van der Waals surface area contributed by atoms with E-state index in [1.807, 2.05) is 12.1 Å². The predicted octanol–water partition coefficient (Wildman–Crippen LogP) is 4.55. The molecule has 1 saturated carbocycles. The molecular formula is C23H23ClO2. The summed E-state index contributed by atoms with van der Waals surface area (Å²) in [6.07, 6.45) is 5.01. The Kier molecular flexibility index (Phi) is 4.47. The molecule has 2 N–H and O–H groups in total. The molecule has 0 unspecified atom stereocenters. The highest BCUT2D eigenvalue weighted by Gasteiger charge is 2.51. The molecule has 0 saturated heterocycles. The summed E-state index contributed by atoms with van der Waals surface area (Å²) in [5, 5.41) is 23.2. The molecule has 2 aromatic carbocycles. The van der Waals surface area contributed by atoms with Crippen LogP contribution in [0.5, 0.6) is 5.75 Å². The van der Waals surface area contributed by atoms with Gasteiger partial charge in [0.15, 0.2) is 0 Å². The second kappa shape index (κ2) is 6.65. The van der Waals surface area contributed by atoms with Gasteiger partial charge in [0.05, 0.1) is 0 Å². The van der Waals surface area contributed by atoms with Crippen molar-refractivity contribution in [2.75, 3.05) is 0 Å². The Hall–Kier alpha value is -1.95. The zero-order valence-electron chi connectivity index (χ0n) is 14.7. The normalized spacial score (nSPS) is 29.8. The number of rotatable bonds is 2. The predicted molar refractivity (Wildman–Crippen MR) is 104 cm³/mol. The van der Waals surface area contributed by atoms with Gasteiger partial charge in [-0.2, -0.15) is 0 Å². The monoisotopic (exact) mass is 366 g/mol. The molecule has 0 aliphatic heterocycles. The van der Waals surface area contributed by atoms with E-state index in [0.717, 1.165) is 25.7 Å². The molecule has 2 aromatic rings. The maximum atomic E-state index is 10.9. The molecule has 0 spiro atoms. The molecular weight excluding hydrogens is 344 g/mol. The van der Waals surface area contributed by atoms with E-state index in [1.165, 1.54) is 16.7 Å². The van der Waals surface area contributed by atoms with Crippen LogP contribution in [-0.4, -0.2) is 15.8 Å². The standard InChI is InChI=1S/C23H23ClO2/c24-13-12-22(26)10-11-23(15-17-4-2-1-3-5-17)19(16-22)7-6-18-14-20(25)8-9-21(18)23/h1-5,8-9,14,19,25-26H,6-7,10-11,15-16H2/t19-,22+,23+/m0/s1. The molecule has 3 atom stereocenters. The molecule has 134 valence electrons. The van der Waals surface area contributed by atoms with Crippen LogP contribution in [-0.2, 0) is 18.3 Å². The Labute approximate surface area is 159 Å². The largest absolute Gasteiger partial charge is 0.508 e. The summed E-state index contributed by atoms with van der Waals surface area (Å²) in [5.41, 5.74) is 2.87. The van der Waals surface area contributed by atoms with E-state index in [1.54, 1.807) is 6.07 Å². The van der Waals surface area contributed by atoms with Gasteiger partial charge in [-0.05, 0) is 84.9 Å². The summed E-state index contributed by atoms with van der Waals surface area (Å²) >= 11 is 5.61. The van der Waals surface area contributed by atoms with Crippen molar-refractivity contribution in [2.45, 2.75) is 49.5 Å². The average molecular weight is 367 g/mol. The van der Waals surface area contributed by atoms with Gasteiger partial charge in [0.1, 0.15) is 11.4 Å². The maximum absolute atomic E-state index is 10.9. The quantitative estimate of drug-likeness (QED) is 0.765. The molecule has 0 amide bonds. The summed E-state index contributed by atoms with van der Waals surface area (Å²) in [6, 6.07) is 16.4. The van der Waals surface area contributed by atoms with Crippen LogP contribution in [0.1, 0.15) is 42.4 Å². The lowest BCUT2D eigenvalue weighted by Crippen LogP contribution is -2.50. The Morgan fingerprint density at radius 1 is 1.12 bits per heavy atom. The van der Waals surface area contributed by atoms with Gasteiger partial charge in [-0.25, -0.2) is 0 Å². The molecule has 0 heterocycles. The topological polar surface area (TPSA) is 40.5 Å². The van der Waals surface area contributed by atoms with Crippen molar-refractivity contribution >= 4 is 11.6 Å². The molecule has 1 fully saturated rings.